The average Bonchev–Trinajstić information content (AvgIpc) is 3.69. The summed E-state index contributed by atoms with van der Waals surface area (Å²) in [6, 6.07) is 17.5. The van der Waals surface area contributed by atoms with Gasteiger partial charge in [0.05, 0.1) is 0 Å². The number of allylic oxidation sites excluding steroid dienone is 16. The van der Waals surface area contributed by atoms with Gasteiger partial charge < -0.3 is 24.8 Å². The number of hydrogen-bond donors (Lipinski definition) is 0. The van der Waals surface area contributed by atoms with Gasteiger partial charge in [0, 0.05) is 0 Å². The van der Waals surface area contributed by atoms with Crippen molar-refractivity contribution in [1.82, 2.24) is 0 Å². The molecule has 0 aliphatic heterocycles. The fraction of sp³-hybridized carbons (Fsp3) is 0.383. The molecule has 9 atom stereocenters. The van der Waals surface area contributed by atoms with E-state index in [9.17, 15) is 0 Å². The van der Waals surface area contributed by atoms with Gasteiger partial charge in [-0.05, 0) is 0 Å². The second-order valence-electron chi connectivity index (χ2n) is 17.1. The van der Waals surface area contributed by atoms with Crippen LogP contribution in [-0.4, -0.2) is 3.21 Å². The van der Waals surface area contributed by atoms with Crippen LogP contribution in [0.2, 0.25) is 13.7 Å². The van der Waals surface area contributed by atoms with Crippen molar-refractivity contribution in [2.45, 2.75) is 65.4 Å². The predicted octanol–water partition coefficient (Wildman–Crippen LogP) is 7.28. The fourth-order valence-electron chi connectivity index (χ4n) is 13.1. The molecule has 2 saturated carbocycles. The SMILES string of the molecule is CC1=CC=CC2[CH]([Zr+2]([C]3=CC=CC3)=[C](c3ccc(Cl)cc3)c3ccc(Cl)cc3)C3(C)C4(C)C=CC=CC4(C)C4(C)C=CC=CC4(C)C3(C)C12C.[Cl-].[Cl-]. The second kappa shape index (κ2) is 13.2. The fourth-order valence-corrected chi connectivity index (χ4v) is 24.6. The summed E-state index contributed by atoms with van der Waals surface area (Å²) >= 11 is 10.2. The zero-order valence-electron chi connectivity index (χ0n) is 31.6. The Labute approximate surface area is 342 Å². The van der Waals surface area contributed by atoms with Crippen LogP contribution >= 0.6 is 23.2 Å². The molecule has 0 amide bonds. The Hall–Kier alpha value is -1.73. The van der Waals surface area contributed by atoms with Gasteiger partial charge in [0.1, 0.15) is 0 Å². The van der Waals surface area contributed by atoms with E-state index in [1.807, 2.05) is 0 Å². The van der Waals surface area contributed by atoms with Crippen LogP contribution < -0.4 is 24.8 Å². The normalized spacial score (nSPS) is 39.9. The van der Waals surface area contributed by atoms with Crippen LogP contribution in [0.3, 0.4) is 0 Å². The van der Waals surface area contributed by atoms with Crippen molar-refractivity contribution < 1.29 is 46.1 Å². The summed E-state index contributed by atoms with van der Waals surface area (Å²) in [4.78, 5) is 0. The van der Waals surface area contributed by atoms with E-state index in [0.29, 0.717) is 9.54 Å². The van der Waals surface area contributed by atoms with E-state index in [2.05, 4.69) is 189 Å². The minimum Gasteiger partial charge on any atom is -1.00 e. The molecule has 270 valence electrons. The first-order valence-corrected chi connectivity index (χ1v) is 23.0. The molecular formula is C47H50Cl4Zr. The maximum atomic E-state index is 6.60. The number of halogens is 4. The Morgan fingerprint density at radius 3 is 1.60 bits per heavy atom. The molecule has 0 spiro atoms. The molecule has 0 N–H and O–H groups in total. The van der Waals surface area contributed by atoms with Crippen molar-refractivity contribution in [1.29, 1.82) is 0 Å². The Bertz CT molecular complexity index is 2030. The molecule has 0 nitrogen and oxygen atoms in total. The minimum atomic E-state index is -3.03. The summed E-state index contributed by atoms with van der Waals surface area (Å²) < 4.78 is 3.68. The van der Waals surface area contributed by atoms with E-state index in [0.717, 1.165) is 16.5 Å². The van der Waals surface area contributed by atoms with Crippen LogP contribution in [0.4, 0.5) is 0 Å². The molecule has 0 aromatic heterocycles. The largest absolute Gasteiger partial charge is 1.00 e. The van der Waals surface area contributed by atoms with Crippen molar-refractivity contribution in [2.24, 2.45) is 43.8 Å². The molecule has 9 unspecified atom stereocenters. The maximum Gasteiger partial charge on any atom is -1.00 e. The molecule has 6 aliphatic rings. The molecule has 0 saturated heterocycles. The van der Waals surface area contributed by atoms with Gasteiger partial charge in [-0.15, -0.1) is 0 Å². The van der Waals surface area contributed by atoms with Gasteiger partial charge >= 0.3 is 321 Å². The smallest absolute Gasteiger partial charge is 1.00 e. The molecule has 2 aromatic carbocycles. The molecule has 8 rings (SSSR count). The van der Waals surface area contributed by atoms with Crippen molar-refractivity contribution in [2.75, 3.05) is 0 Å². The third-order valence-corrected chi connectivity index (χ3v) is 26.2. The van der Waals surface area contributed by atoms with Crippen LogP contribution in [0, 0.1) is 43.8 Å². The van der Waals surface area contributed by atoms with Crippen LogP contribution in [0.5, 0.6) is 0 Å². The number of hydrogen-bond acceptors (Lipinski definition) is 0. The molecule has 5 heteroatoms. The molecule has 0 bridgehead atoms. The van der Waals surface area contributed by atoms with Gasteiger partial charge in [0.25, 0.3) is 0 Å². The van der Waals surface area contributed by atoms with Gasteiger partial charge in [-0.2, -0.15) is 0 Å². The number of fused-ring (bicyclic) bond motifs is 8. The molecule has 0 radical (unpaired) electrons. The Morgan fingerprint density at radius 1 is 0.615 bits per heavy atom. The third kappa shape index (κ3) is 4.53. The topological polar surface area (TPSA) is 0 Å². The summed E-state index contributed by atoms with van der Waals surface area (Å²) in [6.07, 6.45) is 35.7. The predicted molar refractivity (Wildman–Crippen MR) is 211 cm³/mol. The molecule has 52 heavy (non-hydrogen) atoms. The van der Waals surface area contributed by atoms with Crippen LogP contribution in [0.1, 0.15) is 72.9 Å². The average molecular weight is 848 g/mol. The first kappa shape index (κ1) is 40.0. The van der Waals surface area contributed by atoms with Gasteiger partial charge in [-0.1, -0.05) is 0 Å². The summed E-state index contributed by atoms with van der Waals surface area (Å²) in [5.74, 6) is 0.367. The Kier molecular flexibility index (Phi) is 10.1. The van der Waals surface area contributed by atoms with E-state index in [1.165, 1.54) is 16.7 Å². The van der Waals surface area contributed by atoms with Gasteiger partial charge in [-0.25, -0.2) is 0 Å². The molecule has 2 aromatic rings. The zero-order valence-corrected chi connectivity index (χ0v) is 37.1. The monoisotopic (exact) mass is 844 g/mol. The first-order valence-electron chi connectivity index (χ1n) is 18.4. The van der Waals surface area contributed by atoms with E-state index in [4.69, 9.17) is 23.2 Å². The number of benzene rings is 2. The first-order chi connectivity index (χ1) is 23.7. The Morgan fingerprint density at radius 2 is 1.10 bits per heavy atom. The van der Waals surface area contributed by atoms with E-state index < -0.39 is 21.3 Å². The maximum absolute atomic E-state index is 6.60. The quantitative estimate of drug-likeness (QED) is 0.304. The van der Waals surface area contributed by atoms with Gasteiger partial charge in [-0.3, -0.25) is 0 Å². The van der Waals surface area contributed by atoms with Crippen LogP contribution in [0.15, 0.2) is 142 Å². The second-order valence-corrected chi connectivity index (χ2v) is 24.4. The van der Waals surface area contributed by atoms with E-state index in [1.54, 1.807) is 6.49 Å². The summed E-state index contributed by atoms with van der Waals surface area (Å²) in [5.41, 5.74) is 3.24. The van der Waals surface area contributed by atoms with Crippen molar-refractivity contribution in [3.63, 3.8) is 0 Å². The standard InChI is InChI=1S/C29H37.C13H8Cl2.C5H5.2ClH.Zr/c1-21-14-13-15-22-20-27(6)25(4)18-10-9-16-23(25,2)24(3)17-11-12-19-26(24,5)29(27,8)28(21,22)7;14-12-5-1-10(2-6-12)9-11-3-7-13(15)8-4-11;1-2-4-5-3-1;;;/h9-20,22H,1-8H3;1-8H;1-3H,4H2;2*1H;/q;;;;;+2/p-2. The summed E-state index contributed by atoms with van der Waals surface area (Å²) in [7, 11) is 0. The van der Waals surface area contributed by atoms with Gasteiger partial charge in [0.2, 0.25) is 0 Å². The van der Waals surface area contributed by atoms with Crippen LogP contribution in [-0.2, 0) is 21.3 Å². The zero-order chi connectivity index (χ0) is 35.5. The Balaban J connectivity index is 0.00000232. The molecule has 0 heterocycles. The van der Waals surface area contributed by atoms with Crippen molar-refractivity contribution in [3.05, 3.63) is 164 Å². The molecule has 2 fully saturated rings. The summed E-state index contributed by atoms with van der Waals surface area (Å²) in [5, 5.41) is 1.55. The van der Waals surface area contributed by atoms with E-state index in [-0.39, 0.29) is 62.7 Å². The van der Waals surface area contributed by atoms with Crippen molar-refractivity contribution in [3.8, 4) is 0 Å². The van der Waals surface area contributed by atoms with Gasteiger partial charge in [0.15, 0.2) is 0 Å². The minimum absolute atomic E-state index is 0. The third-order valence-electron chi connectivity index (χ3n) is 16.5. The number of rotatable bonds is 4. The molecule has 6 aliphatic carbocycles. The van der Waals surface area contributed by atoms with Crippen molar-refractivity contribution >= 4 is 26.4 Å². The van der Waals surface area contributed by atoms with E-state index >= 15 is 0 Å². The molecular weight excluding hydrogens is 798 g/mol. The van der Waals surface area contributed by atoms with Crippen LogP contribution in [0.25, 0.3) is 0 Å². The summed E-state index contributed by atoms with van der Waals surface area (Å²) in [6.45, 7) is 21.1.